The Balaban J connectivity index is 1.03. The molecule has 0 unspecified atom stereocenters. The van der Waals surface area contributed by atoms with Crippen molar-refractivity contribution >= 4 is 47.4 Å². The summed E-state index contributed by atoms with van der Waals surface area (Å²) in [4.78, 5) is 4.76. The SMILES string of the molecule is CC1(C)c2ccccc2-c2cccc(N(c3ccc(-c4ccc(-c5ccc(N(c6ccccc6)c6ccccc6)cc5)cc4)cc3)c3ccc([Si](C)(C)C)cc3)c21. The maximum atomic E-state index is 2.47. The van der Waals surface area contributed by atoms with Gasteiger partial charge in [-0.15, -0.1) is 0 Å². The lowest BCUT2D eigenvalue weighted by Gasteiger charge is -2.32. The van der Waals surface area contributed by atoms with E-state index in [2.05, 4.69) is 243 Å². The predicted molar refractivity (Wildman–Crippen MR) is 247 cm³/mol. The Bertz CT molecular complexity index is 2600. The van der Waals surface area contributed by atoms with Crippen LogP contribution in [0.1, 0.15) is 25.0 Å². The van der Waals surface area contributed by atoms with Crippen LogP contribution in [-0.4, -0.2) is 8.07 Å². The lowest BCUT2D eigenvalue weighted by atomic mass is 9.81. The van der Waals surface area contributed by atoms with Gasteiger partial charge in [0.2, 0.25) is 0 Å². The molecule has 0 amide bonds. The minimum atomic E-state index is -1.46. The largest absolute Gasteiger partial charge is 0.311 e. The van der Waals surface area contributed by atoms with Crippen LogP contribution in [-0.2, 0) is 5.41 Å². The normalized spacial score (nSPS) is 12.8. The average molecular weight is 753 g/mol. The second kappa shape index (κ2) is 14.6. The van der Waals surface area contributed by atoms with Gasteiger partial charge in [-0.2, -0.15) is 0 Å². The highest BCUT2D eigenvalue weighted by atomic mass is 28.3. The first-order valence-electron chi connectivity index (χ1n) is 20.0. The molecule has 0 N–H and O–H groups in total. The van der Waals surface area contributed by atoms with E-state index in [-0.39, 0.29) is 5.41 Å². The van der Waals surface area contributed by atoms with Crippen molar-refractivity contribution in [1.82, 2.24) is 0 Å². The van der Waals surface area contributed by atoms with Crippen LogP contribution < -0.4 is 15.0 Å². The Morgan fingerprint density at radius 3 is 1.23 bits per heavy atom. The second-order valence-corrected chi connectivity index (χ2v) is 21.8. The molecule has 0 saturated heterocycles. The lowest BCUT2D eigenvalue weighted by Crippen LogP contribution is -2.37. The molecule has 57 heavy (non-hydrogen) atoms. The number of rotatable bonds is 9. The first-order valence-corrected chi connectivity index (χ1v) is 23.5. The zero-order chi connectivity index (χ0) is 39.1. The zero-order valence-corrected chi connectivity index (χ0v) is 34.4. The maximum absolute atomic E-state index is 2.47. The van der Waals surface area contributed by atoms with Crippen molar-refractivity contribution in [3.63, 3.8) is 0 Å². The van der Waals surface area contributed by atoms with Gasteiger partial charge >= 0.3 is 0 Å². The maximum Gasteiger partial charge on any atom is 0.0775 e. The summed E-state index contributed by atoms with van der Waals surface area (Å²) in [6, 6.07) is 73.2. The van der Waals surface area contributed by atoms with Gasteiger partial charge < -0.3 is 9.80 Å². The number of benzene rings is 8. The molecule has 0 aromatic heterocycles. The third-order valence-electron chi connectivity index (χ3n) is 11.6. The molecule has 0 saturated carbocycles. The molecule has 2 nitrogen and oxygen atoms in total. The van der Waals surface area contributed by atoms with Gasteiger partial charge in [-0.3, -0.25) is 0 Å². The first kappa shape index (κ1) is 36.2. The first-order chi connectivity index (χ1) is 27.7. The molecule has 1 aliphatic carbocycles. The van der Waals surface area contributed by atoms with Crippen molar-refractivity contribution in [2.45, 2.75) is 38.9 Å². The zero-order valence-electron chi connectivity index (χ0n) is 33.4. The van der Waals surface area contributed by atoms with E-state index < -0.39 is 8.07 Å². The summed E-state index contributed by atoms with van der Waals surface area (Å²) in [5.41, 5.74) is 17.0. The van der Waals surface area contributed by atoms with Gasteiger partial charge in [-0.05, 0) is 111 Å². The standard InChI is InChI=1S/C54H48N2Si/c1-54(2)51-21-13-12-19-49(51)50-20-14-22-52(53(50)54)56(47-35-37-48(38-36-47)57(3,4)5)46-33-29-42(30-34-46)40-25-23-39(24-26-40)41-27-31-45(32-28-41)55(43-15-8-6-9-16-43)44-17-10-7-11-18-44/h6-38H,1-5H3. The van der Waals surface area contributed by atoms with Crippen molar-refractivity contribution in [2.75, 3.05) is 9.80 Å². The van der Waals surface area contributed by atoms with Gasteiger partial charge in [0.05, 0.1) is 13.8 Å². The number of anilines is 6. The van der Waals surface area contributed by atoms with Gasteiger partial charge in [0.1, 0.15) is 0 Å². The third kappa shape index (κ3) is 6.79. The van der Waals surface area contributed by atoms with Crippen LogP contribution in [0.25, 0.3) is 33.4 Å². The van der Waals surface area contributed by atoms with E-state index in [4.69, 9.17) is 0 Å². The van der Waals surface area contributed by atoms with Crippen LogP contribution in [0.3, 0.4) is 0 Å². The van der Waals surface area contributed by atoms with Gasteiger partial charge in [0.25, 0.3) is 0 Å². The highest BCUT2D eigenvalue weighted by Gasteiger charge is 2.38. The molecular formula is C54H48N2Si. The fourth-order valence-electron chi connectivity index (χ4n) is 8.61. The fraction of sp³-hybridized carbons (Fsp3) is 0.111. The molecule has 0 aliphatic heterocycles. The number of hydrogen-bond acceptors (Lipinski definition) is 2. The minimum absolute atomic E-state index is 0.135. The van der Waals surface area contributed by atoms with E-state index in [0.29, 0.717) is 0 Å². The van der Waals surface area contributed by atoms with Crippen molar-refractivity contribution in [3.8, 4) is 33.4 Å². The summed E-state index contributed by atoms with van der Waals surface area (Å²) in [5.74, 6) is 0. The van der Waals surface area contributed by atoms with E-state index in [9.17, 15) is 0 Å². The Hall–Kier alpha value is -6.42. The van der Waals surface area contributed by atoms with Crippen molar-refractivity contribution in [2.24, 2.45) is 0 Å². The number of fused-ring (bicyclic) bond motifs is 3. The minimum Gasteiger partial charge on any atom is -0.311 e. The van der Waals surface area contributed by atoms with E-state index in [0.717, 1.165) is 22.7 Å². The topological polar surface area (TPSA) is 6.48 Å². The van der Waals surface area contributed by atoms with Crippen LogP contribution in [0.2, 0.25) is 19.6 Å². The monoisotopic (exact) mass is 752 g/mol. The molecule has 0 atom stereocenters. The highest BCUT2D eigenvalue weighted by Crippen LogP contribution is 2.54. The van der Waals surface area contributed by atoms with Crippen LogP contribution >= 0.6 is 0 Å². The second-order valence-electron chi connectivity index (χ2n) is 16.7. The number of para-hydroxylation sites is 2. The summed E-state index contributed by atoms with van der Waals surface area (Å²) in [5, 5.41) is 1.47. The molecule has 0 spiro atoms. The van der Waals surface area contributed by atoms with Crippen LogP contribution in [0.15, 0.2) is 200 Å². The van der Waals surface area contributed by atoms with E-state index in [1.54, 1.807) is 0 Å². The molecule has 0 heterocycles. The Kier molecular flexibility index (Phi) is 9.27. The summed E-state index contributed by atoms with van der Waals surface area (Å²) in [6.45, 7) is 12.0. The van der Waals surface area contributed by atoms with Gasteiger partial charge in [0, 0.05) is 33.9 Å². The highest BCUT2D eigenvalue weighted by molar-refractivity contribution is 6.88. The molecule has 1 aliphatic rings. The summed E-state index contributed by atoms with van der Waals surface area (Å²) >= 11 is 0. The molecule has 8 aromatic carbocycles. The molecule has 0 bridgehead atoms. The van der Waals surface area contributed by atoms with E-state index in [1.807, 2.05) is 0 Å². The third-order valence-corrected chi connectivity index (χ3v) is 13.7. The van der Waals surface area contributed by atoms with Crippen LogP contribution in [0.4, 0.5) is 34.1 Å². The summed E-state index contributed by atoms with van der Waals surface area (Å²) in [6.07, 6.45) is 0. The Morgan fingerprint density at radius 2 is 0.737 bits per heavy atom. The summed E-state index contributed by atoms with van der Waals surface area (Å²) < 4.78 is 0. The van der Waals surface area contributed by atoms with Gasteiger partial charge in [0.15, 0.2) is 0 Å². The summed E-state index contributed by atoms with van der Waals surface area (Å²) in [7, 11) is -1.46. The van der Waals surface area contributed by atoms with Crippen LogP contribution in [0, 0.1) is 0 Å². The Labute approximate surface area is 339 Å². The molecule has 8 aromatic rings. The van der Waals surface area contributed by atoms with Crippen LogP contribution in [0.5, 0.6) is 0 Å². The average Bonchev–Trinajstić information content (AvgIpc) is 3.49. The Morgan fingerprint density at radius 1 is 0.351 bits per heavy atom. The smallest absolute Gasteiger partial charge is 0.0775 e. The quantitative estimate of drug-likeness (QED) is 0.136. The molecule has 0 fully saturated rings. The molecule has 278 valence electrons. The van der Waals surface area contributed by atoms with E-state index >= 15 is 0 Å². The van der Waals surface area contributed by atoms with Gasteiger partial charge in [-0.1, -0.05) is 172 Å². The molecule has 0 radical (unpaired) electrons. The van der Waals surface area contributed by atoms with Crippen molar-refractivity contribution in [3.05, 3.63) is 211 Å². The predicted octanol–water partition coefficient (Wildman–Crippen LogP) is 14.8. The molecular weight excluding hydrogens is 705 g/mol. The van der Waals surface area contributed by atoms with Crippen molar-refractivity contribution in [1.29, 1.82) is 0 Å². The van der Waals surface area contributed by atoms with Gasteiger partial charge in [-0.25, -0.2) is 0 Å². The number of hydrogen-bond donors (Lipinski definition) is 0. The molecule has 9 rings (SSSR count). The van der Waals surface area contributed by atoms with Crippen molar-refractivity contribution < 1.29 is 0 Å². The fourth-order valence-corrected chi connectivity index (χ4v) is 9.77. The lowest BCUT2D eigenvalue weighted by molar-refractivity contribution is 0.661. The molecule has 3 heteroatoms. The number of nitrogens with zero attached hydrogens (tertiary/aromatic N) is 2. The van der Waals surface area contributed by atoms with E-state index in [1.165, 1.54) is 61.1 Å².